The van der Waals surface area contributed by atoms with E-state index in [4.69, 9.17) is 4.74 Å². The van der Waals surface area contributed by atoms with E-state index in [-0.39, 0.29) is 28.5 Å². The summed E-state index contributed by atoms with van der Waals surface area (Å²) in [6.07, 6.45) is 2.00. The Kier molecular flexibility index (Phi) is 6.50. The number of hydrogen-bond acceptors (Lipinski definition) is 4. The number of hydrogen-bond donors (Lipinski definition) is 0. The van der Waals surface area contributed by atoms with Crippen LogP contribution in [0.2, 0.25) is 0 Å². The minimum atomic E-state index is -0.255. The Bertz CT molecular complexity index is 837. The number of ether oxygens (including phenoxy) is 1. The number of benzene rings is 1. The molecule has 1 fully saturated rings. The number of nitrogens with zero attached hydrogens (tertiary/aromatic N) is 2. The molecule has 3 heterocycles. The fraction of sp³-hybridized carbons (Fsp3) is 0.429. The number of carbonyl (C=O) groups is 1. The van der Waals surface area contributed by atoms with Gasteiger partial charge < -0.3 is 14.2 Å². The van der Waals surface area contributed by atoms with Crippen LogP contribution in [0, 0.1) is 5.92 Å². The van der Waals surface area contributed by atoms with Crippen LogP contribution in [-0.4, -0.2) is 41.7 Å². The molecule has 0 spiro atoms. The van der Waals surface area contributed by atoms with Gasteiger partial charge >= 0.3 is 5.97 Å². The second-order valence-corrected chi connectivity index (χ2v) is 7.31. The molecular formula is C21H25BrN2O3. The van der Waals surface area contributed by atoms with Gasteiger partial charge in [-0.15, -0.1) is 17.0 Å². The zero-order valence-electron chi connectivity index (χ0n) is 15.3. The van der Waals surface area contributed by atoms with Crippen LogP contribution in [0.15, 0.2) is 53.3 Å². The van der Waals surface area contributed by atoms with Gasteiger partial charge in [-0.25, -0.2) is 4.79 Å². The Morgan fingerprint density at radius 2 is 1.85 bits per heavy atom. The first-order valence-electron chi connectivity index (χ1n) is 9.35. The number of halogens is 1. The predicted molar refractivity (Wildman–Crippen MR) is 110 cm³/mol. The van der Waals surface area contributed by atoms with E-state index >= 15 is 0 Å². The summed E-state index contributed by atoms with van der Waals surface area (Å²) >= 11 is 0. The minimum absolute atomic E-state index is 0. The first kappa shape index (κ1) is 19.8. The van der Waals surface area contributed by atoms with Crippen LogP contribution in [0.1, 0.15) is 34.8 Å². The SMILES string of the molecule is Br.O=C(OCCCN1C[C@@H]2C[C@H](C1)c1cccc(=O)n1C2)c1ccccc1. The van der Waals surface area contributed by atoms with Gasteiger partial charge in [0, 0.05) is 43.9 Å². The van der Waals surface area contributed by atoms with Crippen molar-refractivity contribution in [3.8, 4) is 0 Å². The highest BCUT2D eigenvalue weighted by Gasteiger charge is 2.34. The molecule has 0 amide bonds. The van der Waals surface area contributed by atoms with Crippen molar-refractivity contribution in [3.63, 3.8) is 0 Å². The fourth-order valence-corrected chi connectivity index (χ4v) is 4.29. The summed E-state index contributed by atoms with van der Waals surface area (Å²) in [6, 6.07) is 14.7. The van der Waals surface area contributed by atoms with Gasteiger partial charge in [0.15, 0.2) is 0 Å². The van der Waals surface area contributed by atoms with E-state index in [2.05, 4.69) is 11.0 Å². The van der Waals surface area contributed by atoms with Crippen LogP contribution in [0.5, 0.6) is 0 Å². The lowest BCUT2D eigenvalue weighted by atomic mass is 9.83. The number of aromatic nitrogens is 1. The van der Waals surface area contributed by atoms with Crippen molar-refractivity contribution in [2.24, 2.45) is 5.92 Å². The molecule has 27 heavy (non-hydrogen) atoms. The molecule has 0 saturated carbocycles. The Labute approximate surface area is 169 Å². The zero-order valence-corrected chi connectivity index (χ0v) is 17.0. The van der Waals surface area contributed by atoms with Gasteiger partial charge in [0.05, 0.1) is 12.2 Å². The van der Waals surface area contributed by atoms with Crippen LogP contribution < -0.4 is 5.56 Å². The number of rotatable bonds is 5. The molecule has 5 nitrogen and oxygen atoms in total. The van der Waals surface area contributed by atoms with Crippen molar-refractivity contribution in [3.05, 3.63) is 70.1 Å². The maximum atomic E-state index is 12.1. The van der Waals surface area contributed by atoms with Gasteiger partial charge in [0.2, 0.25) is 0 Å². The summed E-state index contributed by atoms with van der Waals surface area (Å²) in [4.78, 5) is 26.5. The fourth-order valence-electron chi connectivity index (χ4n) is 4.29. The number of carbonyl (C=O) groups excluding carboxylic acids is 1. The first-order chi connectivity index (χ1) is 12.7. The van der Waals surface area contributed by atoms with Crippen molar-refractivity contribution in [2.75, 3.05) is 26.2 Å². The molecule has 1 saturated heterocycles. The molecular weight excluding hydrogens is 408 g/mol. The predicted octanol–water partition coefficient (Wildman–Crippen LogP) is 3.09. The maximum absolute atomic E-state index is 12.1. The average Bonchev–Trinajstić information content (AvgIpc) is 2.67. The second-order valence-electron chi connectivity index (χ2n) is 7.31. The van der Waals surface area contributed by atoms with Crippen molar-refractivity contribution in [1.82, 2.24) is 9.47 Å². The molecule has 4 rings (SSSR count). The quantitative estimate of drug-likeness (QED) is 0.537. The third kappa shape index (κ3) is 4.50. The first-order valence-corrected chi connectivity index (χ1v) is 9.35. The molecule has 2 aromatic rings. The van der Waals surface area contributed by atoms with Crippen molar-refractivity contribution in [2.45, 2.75) is 25.3 Å². The molecule has 1 aromatic heterocycles. The average molecular weight is 433 g/mol. The lowest BCUT2D eigenvalue weighted by Gasteiger charge is -2.42. The van der Waals surface area contributed by atoms with E-state index in [1.807, 2.05) is 28.8 Å². The van der Waals surface area contributed by atoms with Crippen LogP contribution >= 0.6 is 17.0 Å². The van der Waals surface area contributed by atoms with Gasteiger partial charge in [-0.2, -0.15) is 0 Å². The molecule has 2 bridgehead atoms. The summed E-state index contributed by atoms with van der Waals surface area (Å²) in [6.45, 7) is 4.18. The van der Waals surface area contributed by atoms with Gasteiger partial charge in [-0.05, 0) is 37.0 Å². The number of piperidine rings is 1. The van der Waals surface area contributed by atoms with E-state index in [1.54, 1.807) is 18.2 Å². The number of pyridine rings is 1. The maximum Gasteiger partial charge on any atom is 0.338 e. The Balaban J connectivity index is 0.00000210. The van der Waals surface area contributed by atoms with Crippen molar-refractivity contribution >= 4 is 23.0 Å². The van der Waals surface area contributed by atoms with E-state index in [0.717, 1.165) is 32.6 Å². The highest BCUT2D eigenvalue weighted by atomic mass is 79.9. The van der Waals surface area contributed by atoms with Crippen molar-refractivity contribution < 1.29 is 9.53 Å². The molecule has 6 heteroatoms. The minimum Gasteiger partial charge on any atom is -0.462 e. The third-order valence-electron chi connectivity index (χ3n) is 5.42. The van der Waals surface area contributed by atoms with E-state index in [9.17, 15) is 9.59 Å². The van der Waals surface area contributed by atoms with Gasteiger partial charge in [-0.3, -0.25) is 4.79 Å². The lowest BCUT2D eigenvalue weighted by Crippen LogP contribution is -2.47. The standard InChI is InChI=1S/C21H24N2O3.BrH/c24-20-9-4-8-19-18-12-16(14-23(19)20)13-22(15-18)10-5-11-26-21(25)17-6-2-1-3-7-17;/h1-4,6-9,16,18H,5,10-15H2;1H/t16-,18+;/m0./s1. The van der Waals surface area contributed by atoms with Crippen LogP contribution in [0.25, 0.3) is 0 Å². The molecule has 0 N–H and O–H groups in total. The lowest BCUT2D eigenvalue weighted by molar-refractivity contribution is 0.0470. The van der Waals surface area contributed by atoms with Gasteiger partial charge in [0.25, 0.3) is 5.56 Å². The largest absolute Gasteiger partial charge is 0.462 e. The second kappa shape index (κ2) is 8.85. The molecule has 0 unspecified atom stereocenters. The van der Waals surface area contributed by atoms with Crippen LogP contribution in [0.3, 0.4) is 0 Å². The van der Waals surface area contributed by atoms with E-state index in [0.29, 0.717) is 24.0 Å². The number of fused-ring (bicyclic) bond motifs is 4. The third-order valence-corrected chi connectivity index (χ3v) is 5.42. The Hall–Kier alpha value is -1.92. The smallest absolute Gasteiger partial charge is 0.338 e. The molecule has 2 atom stereocenters. The van der Waals surface area contributed by atoms with Crippen LogP contribution in [0.4, 0.5) is 0 Å². The summed E-state index contributed by atoms with van der Waals surface area (Å²) < 4.78 is 7.33. The zero-order chi connectivity index (χ0) is 17.9. The molecule has 2 aliphatic rings. The van der Waals surface area contributed by atoms with Crippen molar-refractivity contribution in [1.29, 1.82) is 0 Å². The van der Waals surface area contributed by atoms with Gasteiger partial charge in [0.1, 0.15) is 0 Å². The molecule has 0 aliphatic carbocycles. The summed E-state index contributed by atoms with van der Waals surface area (Å²) in [5.41, 5.74) is 1.90. The molecule has 1 aromatic carbocycles. The Morgan fingerprint density at radius 3 is 2.67 bits per heavy atom. The number of likely N-dealkylation sites (tertiary alicyclic amines) is 1. The molecule has 144 valence electrons. The topological polar surface area (TPSA) is 51.5 Å². The number of esters is 1. The van der Waals surface area contributed by atoms with E-state index in [1.165, 1.54) is 12.1 Å². The van der Waals surface area contributed by atoms with Crippen LogP contribution in [-0.2, 0) is 11.3 Å². The Morgan fingerprint density at radius 1 is 1.04 bits per heavy atom. The van der Waals surface area contributed by atoms with E-state index < -0.39 is 0 Å². The summed E-state index contributed by atoms with van der Waals surface area (Å²) in [5.74, 6) is 0.714. The summed E-state index contributed by atoms with van der Waals surface area (Å²) in [5, 5.41) is 0. The molecule has 2 aliphatic heterocycles. The molecule has 0 radical (unpaired) electrons. The summed E-state index contributed by atoms with van der Waals surface area (Å²) in [7, 11) is 0. The highest BCUT2D eigenvalue weighted by molar-refractivity contribution is 8.93. The normalized spacial score (nSPS) is 21.0. The monoisotopic (exact) mass is 432 g/mol. The highest BCUT2D eigenvalue weighted by Crippen LogP contribution is 2.34. The van der Waals surface area contributed by atoms with Gasteiger partial charge in [-0.1, -0.05) is 24.3 Å².